The average molecular weight is 476 g/mol. The Hall–Kier alpha value is -2.87. The number of nitrogens with one attached hydrogen (secondary N) is 1. The highest BCUT2D eigenvalue weighted by molar-refractivity contribution is 7.92. The fraction of sp³-hybridized carbons (Fsp3) is 0.0909. The van der Waals surface area contributed by atoms with Crippen LogP contribution >= 0.6 is 23.2 Å². The zero-order chi connectivity index (χ0) is 22.4. The van der Waals surface area contributed by atoms with E-state index in [4.69, 9.17) is 23.2 Å². The van der Waals surface area contributed by atoms with Crippen LogP contribution in [0.3, 0.4) is 0 Å². The Balaban J connectivity index is 1.83. The van der Waals surface area contributed by atoms with Crippen molar-refractivity contribution in [1.29, 1.82) is 0 Å². The molecule has 0 aliphatic rings. The standard InChI is InChI=1S/C22H19Cl2N3O3S/c1-16-5-7-17(8-6-16)14-25-26-22(28)15-27(20-4-2-3-19(24)13-20)31(29,30)21-11-9-18(23)10-12-21/h2-14H,15H2,1H3,(H,26,28)/b25-14-. The maximum Gasteiger partial charge on any atom is 0.264 e. The molecule has 0 aliphatic carbocycles. The Morgan fingerprint density at radius 2 is 1.68 bits per heavy atom. The third-order valence-corrected chi connectivity index (χ3v) is 6.54. The van der Waals surface area contributed by atoms with E-state index in [0.717, 1.165) is 15.4 Å². The monoisotopic (exact) mass is 475 g/mol. The number of hydrazone groups is 1. The lowest BCUT2D eigenvalue weighted by atomic mass is 10.2. The lowest BCUT2D eigenvalue weighted by Crippen LogP contribution is -2.39. The molecule has 1 N–H and O–H groups in total. The first kappa shape index (κ1) is 22.8. The van der Waals surface area contributed by atoms with Crippen molar-refractivity contribution < 1.29 is 13.2 Å². The second-order valence-corrected chi connectivity index (χ2v) is 9.38. The largest absolute Gasteiger partial charge is 0.271 e. The fourth-order valence-electron chi connectivity index (χ4n) is 2.68. The van der Waals surface area contributed by atoms with Crippen LogP contribution in [-0.2, 0) is 14.8 Å². The van der Waals surface area contributed by atoms with Gasteiger partial charge in [0.05, 0.1) is 16.8 Å². The van der Waals surface area contributed by atoms with E-state index in [1.54, 1.807) is 18.2 Å². The molecular weight excluding hydrogens is 457 g/mol. The second-order valence-electron chi connectivity index (χ2n) is 6.65. The summed E-state index contributed by atoms with van der Waals surface area (Å²) in [5.41, 5.74) is 4.51. The molecule has 3 rings (SSSR count). The first-order chi connectivity index (χ1) is 14.8. The molecule has 0 aromatic heterocycles. The molecular formula is C22H19Cl2N3O3S. The normalized spacial score (nSPS) is 11.5. The minimum Gasteiger partial charge on any atom is -0.271 e. The number of benzene rings is 3. The third-order valence-electron chi connectivity index (χ3n) is 4.27. The van der Waals surface area contributed by atoms with Crippen LogP contribution in [-0.4, -0.2) is 27.1 Å². The quantitative estimate of drug-likeness (QED) is 0.399. The molecule has 0 radical (unpaired) electrons. The highest BCUT2D eigenvalue weighted by Crippen LogP contribution is 2.26. The van der Waals surface area contributed by atoms with Crippen molar-refractivity contribution in [2.75, 3.05) is 10.8 Å². The van der Waals surface area contributed by atoms with Gasteiger partial charge in [-0.15, -0.1) is 0 Å². The summed E-state index contributed by atoms with van der Waals surface area (Å²) in [6.45, 7) is 1.48. The zero-order valence-electron chi connectivity index (χ0n) is 16.5. The smallest absolute Gasteiger partial charge is 0.264 e. The highest BCUT2D eigenvalue weighted by atomic mass is 35.5. The molecule has 1 amide bonds. The Morgan fingerprint density at radius 1 is 1.00 bits per heavy atom. The number of carbonyl (C=O) groups is 1. The first-order valence-electron chi connectivity index (χ1n) is 9.18. The van der Waals surface area contributed by atoms with Crippen LogP contribution in [0.1, 0.15) is 11.1 Å². The van der Waals surface area contributed by atoms with E-state index in [9.17, 15) is 13.2 Å². The van der Waals surface area contributed by atoms with Gasteiger partial charge in [0.15, 0.2) is 0 Å². The van der Waals surface area contributed by atoms with E-state index in [0.29, 0.717) is 10.0 Å². The predicted octanol–water partition coefficient (Wildman–Crippen LogP) is 4.65. The van der Waals surface area contributed by atoms with E-state index >= 15 is 0 Å². The fourth-order valence-corrected chi connectivity index (χ4v) is 4.40. The molecule has 0 bridgehead atoms. The minimum atomic E-state index is -4.06. The lowest BCUT2D eigenvalue weighted by Gasteiger charge is -2.23. The number of nitrogens with zero attached hydrogens (tertiary/aromatic N) is 2. The van der Waals surface area contributed by atoms with E-state index in [-0.39, 0.29) is 10.6 Å². The summed E-state index contributed by atoms with van der Waals surface area (Å²) >= 11 is 11.9. The Kier molecular flexibility index (Phi) is 7.33. The van der Waals surface area contributed by atoms with E-state index < -0.39 is 22.5 Å². The van der Waals surface area contributed by atoms with E-state index in [1.807, 2.05) is 31.2 Å². The van der Waals surface area contributed by atoms with Crippen molar-refractivity contribution in [2.45, 2.75) is 11.8 Å². The number of sulfonamides is 1. The molecule has 31 heavy (non-hydrogen) atoms. The van der Waals surface area contributed by atoms with Gasteiger partial charge in [0.25, 0.3) is 15.9 Å². The molecule has 0 saturated heterocycles. The summed E-state index contributed by atoms with van der Waals surface area (Å²) in [6, 6.07) is 19.5. The van der Waals surface area contributed by atoms with Crippen molar-refractivity contribution in [3.63, 3.8) is 0 Å². The van der Waals surface area contributed by atoms with Crippen LogP contribution in [0.15, 0.2) is 82.8 Å². The van der Waals surface area contributed by atoms with E-state index in [2.05, 4.69) is 10.5 Å². The third kappa shape index (κ3) is 6.07. The first-order valence-corrected chi connectivity index (χ1v) is 11.4. The van der Waals surface area contributed by atoms with Gasteiger partial charge in [-0.05, 0) is 55.0 Å². The summed E-state index contributed by atoms with van der Waals surface area (Å²) in [5, 5.41) is 4.65. The second kappa shape index (κ2) is 9.96. The SMILES string of the molecule is Cc1ccc(/C=N\NC(=O)CN(c2cccc(Cl)c2)S(=O)(=O)c2ccc(Cl)cc2)cc1. The van der Waals surface area contributed by atoms with Crippen molar-refractivity contribution in [2.24, 2.45) is 5.10 Å². The van der Waals surface area contributed by atoms with Gasteiger partial charge < -0.3 is 0 Å². The van der Waals surface area contributed by atoms with Crippen LogP contribution in [0.2, 0.25) is 10.0 Å². The zero-order valence-corrected chi connectivity index (χ0v) is 18.8. The van der Waals surface area contributed by atoms with E-state index in [1.165, 1.54) is 36.5 Å². The number of anilines is 1. The lowest BCUT2D eigenvalue weighted by molar-refractivity contribution is -0.119. The predicted molar refractivity (Wildman–Crippen MR) is 124 cm³/mol. The number of hydrogen-bond acceptors (Lipinski definition) is 4. The number of amides is 1. The average Bonchev–Trinajstić information content (AvgIpc) is 2.73. The van der Waals surface area contributed by atoms with Crippen LogP contribution in [0, 0.1) is 6.92 Å². The highest BCUT2D eigenvalue weighted by Gasteiger charge is 2.27. The van der Waals surface area contributed by atoms with Crippen molar-refractivity contribution in [3.8, 4) is 0 Å². The molecule has 0 atom stereocenters. The Labute approximate surface area is 191 Å². The molecule has 0 heterocycles. The molecule has 0 unspecified atom stereocenters. The Bertz CT molecular complexity index is 1200. The summed E-state index contributed by atoms with van der Waals surface area (Å²) in [7, 11) is -4.06. The van der Waals surface area contributed by atoms with Gasteiger partial charge in [-0.1, -0.05) is 59.1 Å². The molecule has 0 aliphatic heterocycles. The number of halogens is 2. The molecule has 3 aromatic carbocycles. The minimum absolute atomic E-state index is 0.00664. The molecule has 6 nitrogen and oxygen atoms in total. The van der Waals surface area contributed by atoms with Gasteiger partial charge in [0.1, 0.15) is 6.54 Å². The molecule has 0 fully saturated rings. The van der Waals surface area contributed by atoms with Gasteiger partial charge >= 0.3 is 0 Å². The van der Waals surface area contributed by atoms with Crippen LogP contribution in [0.5, 0.6) is 0 Å². The molecule has 160 valence electrons. The van der Waals surface area contributed by atoms with Crippen molar-refractivity contribution in [1.82, 2.24) is 5.43 Å². The van der Waals surface area contributed by atoms with Gasteiger partial charge in [-0.2, -0.15) is 5.10 Å². The van der Waals surface area contributed by atoms with Gasteiger partial charge in [-0.3, -0.25) is 9.10 Å². The summed E-state index contributed by atoms with van der Waals surface area (Å²) < 4.78 is 27.4. The maximum absolute atomic E-state index is 13.2. The van der Waals surface area contributed by atoms with Gasteiger partial charge in [-0.25, -0.2) is 13.8 Å². The number of aryl methyl sites for hydroxylation is 1. The van der Waals surface area contributed by atoms with Crippen LogP contribution in [0.25, 0.3) is 0 Å². The number of carbonyl (C=O) groups excluding carboxylic acids is 1. The maximum atomic E-state index is 13.2. The number of rotatable bonds is 7. The molecule has 3 aromatic rings. The topological polar surface area (TPSA) is 78.8 Å². The molecule has 0 spiro atoms. The Morgan fingerprint density at radius 3 is 2.32 bits per heavy atom. The van der Waals surface area contributed by atoms with Crippen molar-refractivity contribution in [3.05, 3.63) is 94.0 Å². The molecule has 9 heteroatoms. The summed E-state index contributed by atoms with van der Waals surface area (Å²) in [4.78, 5) is 12.5. The van der Waals surface area contributed by atoms with Crippen molar-refractivity contribution >= 4 is 51.0 Å². The van der Waals surface area contributed by atoms with Crippen LogP contribution in [0.4, 0.5) is 5.69 Å². The summed E-state index contributed by atoms with van der Waals surface area (Å²) in [5.74, 6) is -0.610. The molecule has 0 saturated carbocycles. The van der Waals surface area contributed by atoms with Crippen LogP contribution < -0.4 is 9.73 Å². The summed E-state index contributed by atoms with van der Waals surface area (Å²) in [6.07, 6.45) is 1.48. The van der Waals surface area contributed by atoms with Gasteiger partial charge in [0, 0.05) is 10.0 Å². The van der Waals surface area contributed by atoms with Gasteiger partial charge in [0.2, 0.25) is 0 Å². The number of hydrogen-bond donors (Lipinski definition) is 1.